The van der Waals surface area contributed by atoms with Crippen molar-refractivity contribution in [2.45, 2.75) is 26.6 Å². The van der Waals surface area contributed by atoms with Gasteiger partial charge in [-0.3, -0.25) is 4.79 Å². The molecule has 0 radical (unpaired) electrons. The molecule has 0 saturated heterocycles. The fourth-order valence-corrected chi connectivity index (χ4v) is 2.81. The summed E-state index contributed by atoms with van der Waals surface area (Å²) in [6, 6.07) is 3.94. The van der Waals surface area contributed by atoms with Crippen LogP contribution >= 0.6 is 11.6 Å². The third-order valence-corrected chi connectivity index (χ3v) is 4.54. The van der Waals surface area contributed by atoms with Crippen LogP contribution in [0.2, 0.25) is 5.02 Å². The number of allylic oxidation sites excluding steroid dienone is 2. The molecule has 0 bridgehead atoms. The molecule has 1 aliphatic carbocycles. The number of hydrogen-bond acceptors (Lipinski definition) is 2. The van der Waals surface area contributed by atoms with Gasteiger partial charge in [0.15, 0.2) is 5.83 Å². The van der Waals surface area contributed by atoms with E-state index in [1.807, 2.05) is 0 Å². The smallest absolute Gasteiger partial charge is 0.442 e. The number of carbonyl (C=O) groups is 1. The van der Waals surface area contributed by atoms with Crippen LogP contribution in [0.5, 0.6) is 0 Å². The van der Waals surface area contributed by atoms with Crippen molar-refractivity contribution in [1.29, 1.82) is 0 Å². The quantitative estimate of drug-likeness (QED) is 0.538. The van der Waals surface area contributed by atoms with Gasteiger partial charge in [0.25, 0.3) is 0 Å². The summed E-state index contributed by atoms with van der Waals surface area (Å²) in [6.07, 6.45) is -4.70. The van der Waals surface area contributed by atoms with E-state index in [-0.39, 0.29) is 10.6 Å². The lowest BCUT2D eigenvalue weighted by atomic mass is 10.1. The van der Waals surface area contributed by atoms with Gasteiger partial charge < -0.3 is 4.74 Å². The Balaban J connectivity index is 2.06. The zero-order valence-corrected chi connectivity index (χ0v) is 13.5. The van der Waals surface area contributed by atoms with Crippen LogP contribution in [0.25, 0.3) is 0 Å². The van der Waals surface area contributed by atoms with E-state index in [0.717, 1.165) is 6.07 Å². The largest absolute Gasteiger partial charge is 0.460 e. The van der Waals surface area contributed by atoms with Crippen molar-refractivity contribution in [2.24, 2.45) is 17.3 Å². The van der Waals surface area contributed by atoms with Crippen LogP contribution in [0.15, 0.2) is 30.1 Å². The van der Waals surface area contributed by atoms with Gasteiger partial charge in [0.1, 0.15) is 12.4 Å². The molecule has 1 fully saturated rings. The molecule has 2 nitrogen and oxygen atoms in total. The zero-order chi connectivity index (χ0) is 18.3. The summed E-state index contributed by atoms with van der Waals surface area (Å²) >= 11 is 5.80. The molecular formula is C16H14ClF5O2. The zero-order valence-electron chi connectivity index (χ0n) is 12.8. The maximum absolute atomic E-state index is 13.6. The van der Waals surface area contributed by atoms with Gasteiger partial charge in [-0.1, -0.05) is 31.5 Å². The Morgan fingerprint density at radius 2 is 2.00 bits per heavy atom. The first kappa shape index (κ1) is 18.7. The molecule has 132 valence electrons. The lowest BCUT2D eigenvalue weighted by Crippen LogP contribution is -2.12. The lowest BCUT2D eigenvalue weighted by Gasteiger charge is -2.08. The molecule has 0 amide bonds. The summed E-state index contributed by atoms with van der Waals surface area (Å²) in [5.41, 5.74) is -0.904. The molecule has 0 aromatic heterocycles. The minimum atomic E-state index is -5.09. The molecule has 0 spiro atoms. The number of hydrogen-bond donors (Lipinski definition) is 0. The molecule has 1 aromatic carbocycles. The summed E-state index contributed by atoms with van der Waals surface area (Å²) in [4.78, 5) is 12.0. The monoisotopic (exact) mass is 368 g/mol. The molecule has 8 heteroatoms. The van der Waals surface area contributed by atoms with Gasteiger partial charge in [0.05, 0.1) is 10.9 Å². The molecule has 2 atom stereocenters. The molecule has 0 heterocycles. The molecule has 1 saturated carbocycles. The van der Waals surface area contributed by atoms with Crippen LogP contribution in [-0.2, 0) is 16.1 Å². The standard InChI is InChI=1S/C16H14ClF5O2/c1-15(2)9(6-12(19)16(20,21)22)13(15)14(23)24-7-8-10(17)4-3-5-11(8)18/h3-6,9,13H,7H2,1-2H3/b12-6-/t9-,13+/m1/s1. The highest BCUT2D eigenvalue weighted by atomic mass is 35.5. The van der Waals surface area contributed by atoms with Crippen molar-refractivity contribution in [1.82, 2.24) is 0 Å². The predicted octanol–water partition coefficient (Wildman–Crippen LogP) is 5.21. The highest BCUT2D eigenvalue weighted by Crippen LogP contribution is 2.60. The van der Waals surface area contributed by atoms with E-state index < -0.39 is 47.6 Å². The van der Waals surface area contributed by atoms with E-state index >= 15 is 0 Å². The Bertz CT molecular complexity index is 661. The van der Waals surface area contributed by atoms with E-state index in [0.29, 0.717) is 6.08 Å². The summed E-state index contributed by atoms with van der Waals surface area (Å²) in [7, 11) is 0. The van der Waals surface area contributed by atoms with Gasteiger partial charge in [-0.2, -0.15) is 13.2 Å². The van der Waals surface area contributed by atoms with Gasteiger partial charge in [0, 0.05) is 5.56 Å². The van der Waals surface area contributed by atoms with Gasteiger partial charge in [-0.15, -0.1) is 0 Å². The summed E-state index contributed by atoms with van der Waals surface area (Å²) in [5.74, 6) is -5.60. The van der Waals surface area contributed by atoms with E-state index in [2.05, 4.69) is 0 Å². The summed E-state index contributed by atoms with van der Waals surface area (Å²) in [6.45, 7) is 2.61. The van der Waals surface area contributed by atoms with Crippen LogP contribution in [-0.4, -0.2) is 12.1 Å². The van der Waals surface area contributed by atoms with Crippen LogP contribution in [0.4, 0.5) is 22.0 Å². The Hall–Kier alpha value is -1.63. The molecule has 0 unspecified atom stereocenters. The minimum Gasteiger partial charge on any atom is -0.460 e. The first-order chi connectivity index (χ1) is 11.0. The molecule has 2 rings (SSSR count). The average molecular weight is 369 g/mol. The van der Waals surface area contributed by atoms with Crippen LogP contribution in [0, 0.1) is 23.1 Å². The Morgan fingerprint density at radius 3 is 2.54 bits per heavy atom. The number of halogens is 6. The van der Waals surface area contributed by atoms with Gasteiger partial charge >= 0.3 is 12.1 Å². The summed E-state index contributed by atoms with van der Waals surface area (Å²) < 4.78 is 68.4. The second-order valence-electron chi connectivity index (χ2n) is 6.15. The van der Waals surface area contributed by atoms with E-state index in [9.17, 15) is 26.7 Å². The van der Waals surface area contributed by atoms with Crippen molar-refractivity contribution < 1.29 is 31.5 Å². The van der Waals surface area contributed by atoms with Crippen LogP contribution in [0.1, 0.15) is 19.4 Å². The van der Waals surface area contributed by atoms with Crippen LogP contribution in [0.3, 0.4) is 0 Å². The molecule has 1 aliphatic rings. The normalized spacial score (nSPS) is 23.1. The fourth-order valence-electron chi connectivity index (χ4n) is 2.59. The number of ether oxygens (including phenoxy) is 1. The Labute approximate surface area is 140 Å². The Morgan fingerprint density at radius 1 is 1.38 bits per heavy atom. The number of alkyl halides is 3. The predicted molar refractivity (Wildman–Crippen MR) is 77.2 cm³/mol. The maximum atomic E-state index is 13.6. The van der Waals surface area contributed by atoms with Gasteiger partial charge in [0.2, 0.25) is 0 Å². The highest BCUT2D eigenvalue weighted by molar-refractivity contribution is 6.31. The van der Waals surface area contributed by atoms with Crippen molar-refractivity contribution >= 4 is 17.6 Å². The third kappa shape index (κ3) is 3.71. The molecule has 0 N–H and O–H groups in total. The average Bonchev–Trinajstić information content (AvgIpc) is 2.98. The SMILES string of the molecule is CC1(C)[C@H](/C=C(\F)C(F)(F)F)[C@H]1C(=O)OCc1c(F)cccc1Cl. The second-order valence-corrected chi connectivity index (χ2v) is 6.55. The van der Waals surface area contributed by atoms with Crippen molar-refractivity contribution in [3.8, 4) is 0 Å². The first-order valence-electron chi connectivity index (χ1n) is 7.00. The number of rotatable bonds is 4. The first-order valence-corrected chi connectivity index (χ1v) is 7.38. The third-order valence-electron chi connectivity index (χ3n) is 4.18. The van der Waals surface area contributed by atoms with Crippen molar-refractivity contribution in [3.05, 3.63) is 46.5 Å². The van der Waals surface area contributed by atoms with E-state index in [4.69, 9.17) is 16.3 Å². The van der Waals surface area contributed by atoms with Gasteiger partial charge in [-0.25, -0.2) is 8.78 Å². The van der Waals surface area contributed by atoms with Gasteiger partial charge in [-0.05, 0) is 29.5 Å². The topological polar surface area (TPSA) is 26.3 Å². The minimum absolute atomic E-state index is 0.0282. The molecule has 1 aromatic rings. The van der Waals surface area contributed by atoms with Crippen molar-refractivity contribution in [3.63, 3.8) is 0 Å². The summed E-state index contributed by atoms with van der Waals surface area (Å²) in [5, 5.41) is 0.0671. The molecule has 24 heavy (non-hydrogen) atoms. The molecule has 0 aliphatic heterocycles. The van der Waals surface area contributed by atoms with Crippen molar-refractivity contribution in [2.75, 3.05) is 0 Å². The Kier molecular flexibility index (Phi) is 4.95. The highest BCUT2D eigenvalue weighted by Gasteiger charge is 2.62. The fraction of sp³-hybridized carbons (Fsp3) is 0.438. The van der Waals surface area contributed by atoms with E-state index in [1.165, 1.54) is 26.0 Å². The van der Waals surface area contributed by atoms with E-state index in [1.54, 1.807) is 0 Å². The van der Waals surface area contributed by atoms with Crippen LogP contribution < -0.4 is 0 Å². The number of esters is 1. The molecular weight excluding hydrogens is 355 g/mol. The maximum Gasteiger partial charge on any atom is 0.442 e. The second kappa shape index (κ2) is 6.35. The lowest BCUT2D eigenvalue weighted by molar-refractivity contribution is -0.147. The number of benzene rings is 1. The number of carbonyl (C=O) groups excluding carboxylic acids is 1.